The number of nitrogens with zero attached hydrogens (tertiary/aromatic N) is 1. The molecule has 19 heavy (non-hydrogen) atoms. The van der Waals surface area contributed by atoms with Crippen LogP contribution in [0.1, 0.15) is 30.6 Å². The zero-order valence-electron chi connectivity index (χ0n) is 10.8. The van der Waals surface area contributed by atoms with Crippen molar-refractivity contribution in [3.8, 4) is 0 Å². The quantitative estimate of drug-likeness (QED) is 0.341. The van der Waals surface area contributed by atoms with Gasteiger partial charge in [0.2, 0.25) is 0 Å². The number of carbonyl (C=O) groups is 2. The van der Waals surface area contributed by atoms with E-state index in [1.54, 1.807) is 13.8 Å². The van der Waals surface area contributed by atoms with Gasteiger partial charge in [0.25, 0.3) is 5.69 Å². The van der Waals surface area contributed by atoms with Crippen molar-refractivity contribution in [2.24, 2.45) is 5.92 Å². The van der Waals surface area contributed by atoms with Crippen LogP contribution in [-0.4, -0.2) is 23.3 Å². The lowest BCUT2D eigenvalue weighted by Crippen LogP contribution is -2.17. The molecule has 0 spiro atoms. The van der Waals surface area contributed by atoms with E-state index in [-0.39, 0.29) is 24.5 Å². The maximum Gasteiger partial charge on any atom is 0.306 e. The van der Waals surface area contributed by atoms with Crippen LogP contribution in [0.4, 0.5) is 5.69 Å². The van der Waals surface area contributed by atoms with Crippen LogP contribution < -0.4 is 0 Å². The molecule has 0 fully saturated rings. The summed E-state index contributed by atoms with van der Waals surface area (Å²) in [5, 5.41) is 10.5. The first-order chi connectivity index (χ1) is 8.95. The fourth-order valence-corrected chi connectivity index (χ4v) is 1.59. The number of hydrogen-bond donors (Lipinski definition) is 0. The fraction of sp³-hybridized carbons (Fsp3) is 0.385. The van der Waals surface area contributed by atoms with Gasteiger partial charge in [-0.1, -0.05) is 6.92 Å². The predicted octanol–water partition coefficient (Wildman–Crippen LogP) is 2.37. The maximum atomic E-state index is 12.0. The average molecular weight is 265 g/mol. The van der Waals surface area contributed by atoms with E-state index in [0.717, 1.165) is 0 Å². The molecule has 0 radical (unpaired) electrons. The minimum atomic E-state index is -0.531. The van der Waals surface area contributed by atoms with Gasteiger partial charge in [0.15, 0.2) is 5.78 Å². The molecule has 0 saturated carbocycles. The Morgan fingerprint density at radius 1 is 1.32 bits per heavy atom. The summed E-state index contributed by atoms with van der Waals surface area (Å²) >= 11 is 0. The average Bonchev–Trinajstić information content (AvgIpc) is 2.38. The summed E-state index contributed by atoms with van der Waals surface area (Å²) in [4.78, 5) is 33.2. The van der Waals surface area contributed by atoms with Crippen molar-refractivity contribution < 1.29 is 19.2 Å². The summed E-state index contributed by atoms with van der Waals surface area (Å²) in [5.74, 6) is -1.17. The van der Waals surface area contributed by atoms with Gasteiger partial charge in [-0.25, -0.2) is 0 Å². The van der Waals surface area contributed by atoms with Gasteiger partial charge < -0.3 is 4.74 Å². The smallest absolute Gasteiger partial charge is 0.306 e. The van der Waals surface area contributed by atoms with Crippen LogP contribution in [0.2, 0.25) is 0 Å². The Labute approximate surface area is 110 Å². The third-order valence-corrected chi connectivity index (χ3v) is 2.59. The second kappa shape index (κ2) is 6.63. The van der Waals surface area contributed by atoms with Gasteiger partial charge in [-0.05, 0) is 19.1 Å². The van der Waals surface area contributed by atoms with Crippen molar-refractivity contribution in [3.63, 3.8) is 0 Å². The molecule has 0 aliphatic carbocycles. The minimum absolute atomic E-state index is 0.00363. The number of ether oxygens (including phenoxy) is 1. The molecule has 0 aromatic heterocycles. The molecular formula is C13H15NO5. The fourth-order valence-electron chi connectivity index (χ4n) is 1.59. The molecule has 1 rings (SSSR count). The van der Waals surface area contributed by atoms with Crippen LogP contribution in [0.5, 0.6) is 0 Å². The zero-order chi connectivity index (χ0) is 14.4. The van der Waals surface area contributed by atoms with E-state index in [9.17, 15) is 19.7 Å². The van der Waals surface area contributed by atoms with Gasteiger partial charge in [-0.2, -0.15) is 0 Å². The highest BCUT2D eigenvalue weighted by Gasteiger charge is 2.19. The number of non-ortho nitro benzene ring substituents is 1. The predicted molar refractivity (Wildman–Crippen MR) is 67.8 cm³/mol. The van der Waals surface area contributed by atoms with Gasteiger partial charge in [-0.15, -0.1) is 0 Å². The van der Waals surface area contributed by atoms with Crippen LogP contribution in [0.25, 0.3) is 0 Å². The molecule has 6 heteroatoms. The van der Waals surface area contributed by atoms with Crippen LogP contribution >= 0.6 is 0 Å². The summed E-state index contributed by atoms with van der Waals surface area (Å²) < 4.78 is 4.77. The normalized spacial score (nSPS) is 11.7. The van der Waals surface area contributed by atoms with E-state index in [0.29, 0.717) is 5.56 Å². The Morgan fingerprint density at radius 2 is 1.89 bits per heavy atom. The van der Waals surface area contributed by atoms with E-state index < -0.39 is 16.8 Å². The minimum Gasteiger partial charge on any atom is -0.466 e. The number of nitro groups is 1. The maximum absolute atomic E-state index is 12.0. The molecule has 0 aliphatic heterocycles. The van der Waals surface area contributed by atoms with Crippen molar-refractivity contribution in [2.45, 2.75) is 20.3 Å². The number of carbonyl (C=O) groups excluding carboxylic acids is 2. The second-order valence-corrected chi connectivity index (χ2v) is 4.08. The van der Waals surface area contributed by atoms with Gasteiger partial charge in [0.1, 0.15) is 0 Å². The molecule has 0 unspecified atom stereocenters. The molecule has 6 nitrogen and oxygen atoms in total. The SMILES string of the molecule is CCOC(=O)C[C@@H](C)C(=O)c1ccc([N+](=O)[O-])cc1. The third-order valence-electron chi connectivity index (χ3n) is 2.59. The Bertz CT molecular complexity index is 480. The highest BCUT2D eigenvalue weighted by atomic mass is 16.6. The lowest BCUT2D eigenvalue weighted by Gasteiger charge is -2.09. The number of Topliss-reactive ketones (excluding diaryl/α,β-unsaturated/α-hetero) is 1. The van der Waals surface area contributed by atoms with Gasteiger partial charge in [0.05, 0.1) is 18.0 Å². The summed E-state index contributed by atoms with van der Waals surface area (Å²) in [6, 6.07) is 5.32. The van der Waals surface area contributed by atoms with E-state index in [2.05, 4.69) is 0 Å². The van der Waals surface area contributed by atoms with Crippen molar-refractivity contribution >= 4 is 17.4 Å². The Hall–Kier alpha value is -2.24. The molecule has 0 N–H and O–H groups in total. The largest absolute Gasteiger partial charge is 0.466 e. The van der Waals surface area contributed by atoms with Crippen LogP contribution in [-0.2, 0) is 9.53 Å². The van der Waals surface area contributed by atoms with Crippen molar-refractivity contribution in [3.05, 3.63) is 39.9 Å². The number of rotatable bonds is 6. The molecule has 0 bridgehead atoms. The van der Waals surface area contributed by atoms with Crippen LogP contribution in [0, 0.1) is 16.0 Å². The first-order valence-electron chi connectivity index (χ1n) is 5.90. The van der Waals surface area contributed by atoms with E-state index in [1.165, 1.54) is 24.3 Å². The Kier molecular flexibility index (Phi) is 5.17. The molecule has 0 aliphatic rings. The zero-order valence-corrected chi connectivity index (χ0v) is 10.8. The Morgan fingerprint density at radius 3 is 2.37 bits per heavy atom. The number of ketones is 1. The van der Waals surface area contributed by atoms with E-state index in [1.807, 2.05) is 0 Å². The first-order valence-corrected chi connectivity index (χ1v) is 5.90. The number of nitro benzene ring substituents is 1. The second-order valence-electron chi connectivity index (χ2n) is 4.08. The highest BCUT2D eigenvalue weighted by Crippen LogP contribution is 2.17. The first kappa shape index (κ1) is 14.8. The molecular weight excluding hydrogens is 250 g/mol. The topological polar surface area (TPSA) is 86.5 Å². The van der Waals surface area contributed by atoms with E-state index in [4.69, 9.17) is 4.74 Å². The summed E-state index contributed by atoms with van der Waals surface area (Å²) in [6.45, 7) is 3.60. The molecule has 1 aromatic rings. The van der Waals surface area contributed by atoms with Gasteiger partial charge in [0, 0.05) is 23.6 Å². The molecule has 0 saturated heterocycles. The summed E-state index contributed by atoms with van der Waals surface area (Å²) in [5.41, 5.74) is 0.275. The molecule has 0 amide bonds. The highest BCUT2D eigenvalue weighted by molar-refractivity contribution is 5.99. The molecule has 1 aromatic carbocycles. The molecule has 1 atom stereocenters. The van der Waals surface area contributed by atoms with Gasteiger partial charge >= 0.3 is 5.97 Å². The lowest BCUT2D eigenvalue weighted by molar-refractivity contribution is -0.384. The van der Waals surface area contributed by atoms with Crippen molar-refractivity contribution in [1.82, 2.24) is 0 Å². The number of hydrogen-bond acceptors (Lipinski definition) is 5. The third kappa shape index (κ3) is 4.17. The lowest BCUT2D eigenvalue weighted by atomic mass is 9.96. The van der Waals surface area contributed by atoms with E-state index >= 15 is 0 Å². The summed E-state index contributed by atoms with van der Waals surface area (Å²) in [6.07, 6.45) is 0.00363. The molecule has 102 valence electrons. The summed E-state index contributed by atoms with van der Waals surface area (Å²) in [7, 11) is 0. The van der Waals surface area contributed by atoms with Crippen molar-refractivity contribution in [2.75, 3.05) is 6.61 Å². The van der Waals surface area contributed by atoms with Crippen LogP contribution in [0.3, 0.4) is 0 Å². The monoisotopic (exact) mass is 265 g/mol. The molecule has 0 heterocycles. The van der Waals surface area contributed by atoms with Crippen molar-refractivity contribution in [1.29, 1.82) is 0 Å². The van der Waals surface area contributed by atoms with Gasteiger partial charge in [-0.3, -0.25) is 19.7 Å². The Balaban J connectivity index is 2.71. The van der Waals surface area contributed by atoms with Crippen LogP contribution in [0.15, 0.2) is 24.3 Å². The number of esters is 1. The standard InChI is InChI=1S/C13H15NO5/c1-3-19-12(15)8-9(2)13(16)10-4-6-11(7-5-10)14(17)18/h4-7,9H,3,8H2,1-2H3/t9-/m1/s1. The number of benzene rings is 1.